The van der Waals surface area contributed by atoms with Gasteiger partial charge in [-0.05, 0) is 25.7 Å². The van der Waals surface area contributed by atoms with Gasteiger partial charge in [0.1, 0.15) is 5.54 Å². The number of carbonyl (C=O) groups excluding carboxylic acids is 1. The fourth-order valence-electron chi connectivity index (χ4n) is 2.24. The van der Waals surface area contributed by atoms with Crippen molar-refractivity contribution in [1.82, 2.24) is 10.6 Å². The van der Waals surface area contributed by atoms with Crippen LogP contribution in [0, 0.1) is 5.92 Å². The van der Waals surface area contributed by atoms with E-state index in [2.05, 4.69) is 24.5 Å². The van der Waals surface area contributed by atoms with Crippen molar-refractivity contribution in [1.29, 1.82) is 0 Å². The quantitative estimate of drug-likeness (QED) is 0.694. The van der Waals surface area contributed by atoms with Gasteiger partial charge in [0.15, 0.2) is 0 Å². The Kier molecular flexibility index (Phi) is 6.26. The molecular formula is C14H26N2O4. The number of carbonyl (C=O) groups is 2. The number of nitrogens with one attached hydrogen (secondary N) is 2. The monoisotopic (exact) mass is 286 g/mol. The second-order valence-corrected chi connectivity index (χ2v) is 5.97. The Labute approximate surface area is 120 Å². The van der Waals surface area contributed by atoms with Crippen LogP contribution in [0.2, 0.25) is 0 Å². The lowest BCUT2D eigenvalue weighted by molar-refractivity contribution is -0.148. The van der Waals surface area contributed by atoms with E-state index in [4.69, 9.17) is 4.74 Å². The van der Waals surface area contributed by atoms with Crippen molar-refractivity contribution in [3.63, 3.8) is 0 Å². The maximum Gasteiger partial charge on any atom is 0.329 e. The minimum absolute atomic E-state index is 0.0306. The van der Waals surface area contributed by atoms with Gasteiger partial charge in [-0.2, -0.15) is 0 Å². The zero-order chi connectivity index (χ0) is 15.2. The number of ether oxygens (including phenoxy) is 1. The maximum absolute atomic E-state index is 11.9. The van der Waals surface area contributed by atoms with Crippen LogP contribution < -0.4 is 10.6 Å². The molecule has 1 fully saturated rings. The molecule has 1 unspecified atom stereocenters. The Bertz CT molecular complexity index is 338. The van der Waals surface area contributed by atoms with Crippen LogP contribution in [0.1, 0.15) is 46.5 Å². The molecule has 1 heterocycles. The standard InChI is InChI=1S/C14H26N2O4/c1-10(2)4-5-11(3)15-13(19)16-14(12(17)18)6-8-20-9-7-14/h10-11H,4-9H2,1-3H3,(H,17,18)(H2,15,16,19). The van der Waals surface area contributed by atoms with Gasteiger partial charge in [0.25, 0.3) is 0 Å². The number of aliphatic carboxylic acids is 1. The van der Waals surface area contributed by atoms with Crippen LogP contribution in [-0.2, 0) is 9.53 Å². The number of urea groups is 1. The maximum atomic E-state index is 11.9. The average molecular weight is 286 g/mol. The van der Waals surface area contributed by atoms with Crippen LogP contribution in [0.25, 0.3) is 0 Å². The molecule has 1 aliphatic rings. The van der Waals surface area contributed by atoms with Gasteiger partial charge >= 0.3 is 12.0 Å². The summed E-state index contributed by atoms with van der Waals surface area (Å²) in [7, 11) is 0. The number of hydrogen-bond acceptors (Lipinski definition) is 3. The highest BCUT2D eigenvalue weighted by Crippen LogP contribution is 2.21. The molecule has 3 N–H and O–H groups in total. The molecular weight excluding hydrogens is 260 g/mol. The number of rotatable bonds is 6. The van der Waals surface area contributed by atoms with Gasteiger partial charge in [0, 0.05) is 32.1 Å². The third-order valence-corrected chi connectivity index (χ3v) is 3.66. The molecule has 0 saturated carbocycles. The Balaban J connectivity index is 2.48. The van der Waals surface area contributed by atoms with Gasteiger partial charge in [-0.3, -0.25) is 0 Å². The lowest BCUT2D eigenvalue weighted by Crippen LogP contribution is -2.60. The van der Waals surface area contributed by atoms with E-state index in [1.165, 1.54) is 0 Å². The zero-order valence-corrected chi connectivity index (χ0v) is 12.6. The first-order chi connectivity index (χ1) is 9.35. The van der Waals surface area contributed by atoms with Crippen LogP contribution in [-0.4, -0.2) is 41.9 Å². The molecule has 0 radical (unpaired) electrons. The van der Waals surface area contributed by atoms with Crippen molar-refractivity contribution in [2.24, 2.45) is 5.92 Å². The summed E-state index contributed by atoms with van der Waals surface area (Å²) in [4.78, 5) is 23.4. The van der Waals surface area contributed by atoms with E-state index in [0.29, 0.717) is 32.0 Å². The third-order valence-electron chi connectivity index (χ3n) is 3.66. The second kappa shape index (κ2) is 7.47. The minimum Gasteiger partial charge on any atom is -0.480 e. The Morgan fingerprint density at radius 3 is 2.30 bits per heavy atom. The van der Waals surface area contributed by atoms with Crippen LogP contribution in [0.4, 0.5) is 4.79 Å². The third kappa shape index (κ3) is 5.00. The highest BCUT2D eigenvalue weighted by Gasteiger charge is 2.41. The minimum atomic E-state index is -1.19. The highest BCUT2D eigenvalue weighted by atomic mass is 16.5. The molecule has 0 aromatic carbocycles. The first-order valence-corrected chi connectivity index (χ1v) is 7.25. The number of carboxylic acid groups (broad SMARTS) is 1. The second-order valence-electron chi connectivity index (χ2n) is 5.97. The summed E-state index contributed by atoms with van der Waals surface area (Å²) in [5.41, 5.74) is -1.19. The van der Waals surface area contributed by atoms with Crippen molar-refractivity contribution in [3.05, 3.63) is 0 Å². The number of amides is 2. The molecule has 2 amide bonds. The van der Waals surface area contributed by atoms with E-state index < -0.39 is 17.5 Å². The lowest BCUT2D eigenvalue weighted by atomic mass is 9.90. The predicted molar refractivity (Wildman–Crippen MR) is 75.6 cm³/mol. The summed E-state index contributed by atoms with van der Waals surface area (Å²) in [5.74, 6) is -0.408. The van der Waals surface area contributed by atoms with Gasteiger partial charge < -0.3 is 20.5 Å². The normalized spacial score (nSPS) is 19.4. The summed E-state index contributed by atoms with van der Waals surface area (Å²) >= 11 is 0. The van der Waals surface area contributed by atoms with Crippen molar-refractivity contribution < 1.29 is 19.4 Å². The average Bonchev–Trinajstić information content (AvgIpc) is 2.37. The van der Waals surface area contributed by atoms with Crippen LogP contribution >= 0.6 is 0 Å². The molecule has 0 aliphatic carbocycles. The molecule has 0 aromatic rings. The predicted octanol–water partition coefficient (Wildman–Crippen LogP) is 1.74. The molecule has 1 rings (SSSR count). The molecule has 6 nitrogen and oxygen atoms in total. The number of hydrogen-bond donors (Lipinski definition) is 3. The Morgan fingerprint density at radius 1 is 1.20 bits per heavy atom. The van der Waals surface area contributed by atoms with E-state index in [9.17, 15) is 14.7 Å². The SMILES string of the molecule is CC(C)CCC(C)NC(=O)NC1(C(=O)O)CCOCC1. The van der Waals surface area contributed by atoms with Crippen molar-refractivity contribution in [2.45, 2.75) is 58.0 Å². The first-order valence-electron chi connectivity index (χ1n) is 7.25. The smallest absolute Gasteiger partial charge is 0.329 e. The summed E-state index contributed by atoms with van der Waals surface area (Å²) in [6.45, 7) is 6.91. The molecule has 6 heteroatoms. The fourth-order valence-corrected chi connectivity index (χ4v) is 2.24. The summed E-state index contributed by atoms with van der Waals surface area (Å²) in [6, 6.07) is -0.381. The Hall–Kier alpha value is -1.30. The summed E-state index contributed by atoms with van der Waals surface area (Å²) in [5, 5.41) is 14.8. The fraction of sp³-hybridized carbons (Fsp3) is 0.857. The van der Waals surface area contributed by atoms with Gasteiger partial charge in [0.2, 0.25) is 0 Å². The topological polar surface area (TPSA) is 87.7 Å². The largest absolute Gasteiger partial charge is 0.480 e. The Morgan fingerprint density at radius 2 is 1.80 bits per heavy atom. The number of carboxylic acids is 1. The summed E-state index contributed by atoms with van der Waals surface area (Å²) in [6.07, 6.45) is 2.51. The van der Waals surface area contributed by atoms with E-state index in [1.54, 1.807) is 0 Å². The van der Waals surface area contributed by atoms with Gasteiger partial charge in [0.05, 0.1) is 0 Å². The van der Waals surface area contributed by atoms with E-state index >= 15 is 0 Å². The zero-order valence-electron chi connectivity index (χ0n) is 12.6. The van der Waals surface area contributed by atoms with E-state index in [0.717, 1.165) is 12.8 Å². The van der Waals surface area contributed by atoms with Gasteiger partial charge in [-0.25, -0.2) is 9.59 Å². The van der Waals surface area contributed by atoms with Crippen LogP contribution in [0.3, 0.4) is 0 Å². The summed E-state index contributed by atoms with van der Waals surface area (Å²) < 4.78 is 5.17. The molecule has 20 heavy (non-hydrogen) atoms. The van der Waals surface area contributed by atoms with Crippen molar-refractivity contribution in [3.8, 4) is 0 Å². The van der Waals surface area contributed by atoms with E-state index in [-0.39, 0.29) is 6.04 Å². The van der Waals surface area contributed by atoms with Gasteiger partial charge in [-0.15, -0.1) is 0 Å². The molecule has 1 atom stereocenters. The molecule has 116 valence electrons. The molecule has 0 aromatic heterocycles. The van der Waals surface area contributed by atoms with Gasteiger partial charge in [-0.1, -0.05) is 13.8 Å². The van der Waals surface area contributed by atoms with Crippen LogP contribution in [0.15, 0.2) is 0 Å². The lowest BCUT2D eigenvalue weighted by Gasteiger charge is -2.34. The van der Waals surface area contributed by atoms with E-state index in [1.807, 2.05) is 6.92 Å². The first kappa shape index (κ1) is 16.8. The van der Waals surface area contributed by atoms with Crippen molar-refractivity contribution >= 4 is 12.0 Å². The molecule has 1 aliphatic heterocycles. The van der Waals surface area contributed by atoms with Crippen molar-refractivity contribution in [2.75, 3.05) is 13.2 Å². The van der Waals surface area contributed by atoms with Crippen LogP contribution in [0.5, 0.6) is 0 Å². The molecule has 0 spiro atoms. The highest BCUT2D eigenvalue weighted by molar-refractivity contribution is 5.86. The molecule has 1 saturated heterocycles. The molecule has 0 bridgehead atoms.